The molecule has 1 amide bonds. The lowest BCUT2D eigenvalue weighted by Crippen LogP contribution is -2.24. The number of amides is 1. The first kappa shape index (κ1) is 11.5. The van der Waals surface area contributed by atoms with Crippen LogP contribution in [0.2, 0.25) is 5.15 Å². The van der Waals surface area contributed by atoms with Crippen molar-refractivity contribution in [3.63, 3.8) is 0 Å². The summed E-state index contributed by atoms with van der Waals surface area (Å²) in [6.07, 6.45) is 0. The number of carbonyl (C=O) groups excluding carboxylic acids is 1. The summed E-state index contributed by atoms with van der Waals surface area (Å²) in [5.74, 6) is 0.468. The first-order valence-electron chi connectivity index (χ1n) is 4.72. The standard InChI is InChI=1S/C9H8ClN5O2/c1-5-12-8(15-17-5)4-11-9(16)6-2-3-7(10)14-13-6/h2-3H,4H2,1H3,(H,11,16). The Morgan fingerprint density at radius 2 is 2.29 bits per heavy atom. The predicted octanol–water partition coefficient (Wildman–Crippen LogP) is 0.751. The third kappa shape index (κ3) is 2.97. The summed E-state index contributed by atoms with van der Waals surface area (Å²) in [4.78, 5) is 15.5. The van der Waals surface area contributed by atoms with Crippen LogP contribution >= 0.6 is 11.6 Å². The Balaban J connectivity index is 1.95. The second-order valence-corrected chi connectivity index (χ2v) is 3.54. The summed E-state index contributed by atoms with van der Waals surface area (Å²) in [6, 6.07) is 2.97. The fraction of sp³-hybridized carbons (Fsp3) is 0.222. The molecule has 0 saturated carbocycles. The van der Waals surface area contributed by atoms with E-state index in [2.05, 4.69) is 25.7 Å². The van der Waals surface area contributed by atoms with E-state index >= 15 is 0 Å². The fourth-order valence-corrected chi connectivity index (χ4v) is 1.20. The van der Waals surface area contributed by atoms with Crippen molar-refractivity contribution in [1.82, 2.24) is 25.7 Å². The molecule has 0 saturated heterocycles. The van der Waals surface area contributed by atoms with Crippen molar-refractivity contribution in [3.05, 3.63) is 34.7 Å². The second kappa shape index (κ2) is 4.88. The van der Waals surface area contributed by atoms with Crippen LogP contribution in [0.5, 0.6) is 0 Å². The summed E-state index contributed by atoms with van der Waals surface area (Å²) in [5.41, 5.74) is 0.176. The average Bonchev–Trinajstić information content (AvgIpc) is 2.73. The lowest BCUT2D eigenvalue weighted by atomic mass is 10.3. The largest absolute Gasteiger partial charge is 0.343 e. The lowest BCUT2D eigenvalue weighted by molar-refractivity contribution is 0.0943. The van der Waals surface area contributed by atoms with Gasteiger partial charge in [-0.3, -0.25) is 4.79 Å². The summed E-state index contributed by atoms with van der Waals surface area (Å²) in [5, 5.41) is 13.6. The van der Waals surface area contributed by atoms with Gasteiger partial charge in [0.2, 0.25) is 5.89 Å². The van der Waals surface area contributed by atoms with Gasteiger partial charge in [0.15, 0.2) is 16.7 Å². The zero-order valence-electron chi connectivity index (χ0n) is 8.85. The number of halogens is 1. The maximum Gasteiger partial charge on any atom is 0.272 e. The fourth-order valence-electron chi connectivity index (χ4n) is 1.10. The van der Waals surface area contributed by atoms with Crippen LogP contribution in [0.3, 0.4) is 0 Å². The van der Waals surface area contributed by atoms with Crippen molar-refractivity contribution in [2.24, 2.45) is 0 Å². The van der Waals surface area contributed by atoms with Gasteiger partial charge < -0.3 is 9.84 Å². The van der Waals surface area contributed by atoms with Crippen LogP contribution in [-0.4, -0.2) is 26.2 Å². The normalized spacial score (nSPS) is 10.2. The van der Waals surface area contributed by atoms with E-state index in [1.54, 1.807) is 6.92 Å². The van der Waals surface area contributed by atoms with Crippen molar-refractivity contribution in [1.29, 1.82) is 0 Å². The Hall–Kier alpha value is -2.02. The number of carbonyl (C=O) groups is 1. The van der Waals surface area contributed by atoms with Gasteiger partial charge in [0, 0.05) is 6.92 Å². The van der Waals surface area contributed by atoms with Gasteiger partial charge in [0.25, 0.3) is 5.91 Å². The monoisotopic (exact) mass is 253 g/mol. The van der Waals surface area contributed by atoms with Crippen LogP contribution in [0, 0.1) is 6.92 Å². The predicted molar refractivity (Wildman–Crippen MR) is 57.2 cm³/mol. The molecule has 0 fully saturated rings. The van der Waals surface area contributed by atoms with Crippen LogP contribution in [0.1, 0.15) is 22.2 Å². The molecule has 2 aromatic heterocycles. The quantitative estimate of drug-likeness (QED) is 0.868. The van der Waals surface area contributed by atoms with E-state index in [9.17, 15) is 4.79 Å². The molecule has 0 radical (unpaired) electrons. The van der Waals surface area contributed by atoms with Crippen LogP contribution in [-0.2, 0) is 6.54 Å². The Morgan fingerprint density at radius 3 is 2.88 bits per heavy atom. The Morgan fingerprint density at radius 1 is 1.47 bits per heavy atom. The molecule has 0 unspecified atom stereocenters. The van der Waals surface area contributed by atoms with Gasteiger partial charge in [-0.1, -0.05) is 16.8 Å². The molecule has 0 spiro atoms. The SMILES string of the molecule is Cc1nc(CNC(=O)c2ccc(Cl)nn2)no1. The topological polar surface area (TPSA) is 93.8 Å². The average molecular weight is 254 g/mol. The van der Waals surface area contributed by atoms with Gasteiger partial charge in [0.05, 0.1) is 6.54 Å². The number of hydrogen-bond acceptors (Lipinski definition) is 6. The minimum absolute atomic E-state index is 0.167. The zero-order valence-corrected chi connectivity index (χ0v) is 9.60. The van der Waals surface area contributed by atoms with Crippen LogP contribution in [0.25, 0.3) is 0 Å². The first-order chi connectivity index (χ1) is 8.15. The van der Waals surface area contributed by atoms with E-state index in [1.807, 2.05) is 0 Å². The third-order valence-corrected chi connectivity index (χ3v) is 2.04. The molecule has 0 aromatic carbocycles. The second-order valence-electron chi connectivity index (χ2n) is 3.15. The Bertz CT molecular complexity index is 524. The first-order valence-corrected chi connectivity index (χ1v) is 5.09. The highest BCUT2D eigenvalue weighted by atomic mass is 35.5. The highest BCUT2D eigenvalue weighted by Crippen LogP contribution is 2.02. The van der Waals surface area contributed by atoms with Crippen molar-refractivity contribution in [3.8, 4) is 0 Å². The number of hydrogen-bond donors (Lipinski definition) is 1. The third-order valence-electron chi connectivity index (χ3n) is 1.84. The van der Waals surface area contributed by atoms with Crippen molar-refractivity contribution < 1.29 is 9.32 Å². The molecule has 2 aromatic rings. The zero-order chi connectivity index (χ0) is 12.3. The molecule has 2 rings (SSSR count). The molecule has 0 bridgehead atoms. The molecule has 2 heterocycles. The van der Waals surface area contributed by atoms with E-state index in [-0.39, 0.29) is 23.3 Å². The highest BCUT2D eigenvalue weighted by Gasteiger charge is 2.09. The van der Waals surface area contributed by atoms with E-state index < -0.39 is 0 Å². The Kier molecular flexibility index (Phi) is 3.29. The Labute approximate surface area is 101 Å². The number of rotatable bonds is 3. The molecule has 7 nitrogen and oxygen atoms in total. The van der Waals surface area contributed by atoms with Crippen LogP contribution in [0.4, 0.5) is 0 Å². The van der Waals surface area contributed by atoms with Gasteiger partial charge in [0.1, 0.15) is 0 Å². The maximum absolute atomic E-state index is 11.6. The van der Waals surface area contributed by atoms with E-state index in [0.717, 1.165) is 0 Å². The summed E-state index contributed by atoms with van der Waals surface area (Å²) in [7, 11) is 0. The molecule has 0 atom stereocenters. The molecule has 88 valence electrons. The molecular weight excluding hydrogens is 246 g/mol. The van der Waals surface area contributed by atoms with Crippen molar-refractivity contribution in [2.75, 3.05) is 0 Å². The minimum atomic E-state index is -0.378. The van der Waals surface area contributed by atoms with Gasteiger partial charge in [-0.25, -0.2) is 0 Å². The summed E-state index contributed by atoms with van der Waals surface area (Å²) >= 11 is 5.55. The lowest BCUT2D eigenvalue weighted by Gasteiger charge is -2.00. The molecule has 8 heteroatoms. The van der Waals surface area contributed by atoms with E-state index in [4.69, 9.17) is 16.1 Å². The molecule has 0 aliphatic heterocycles. The van der Waals surface area contributed by atoms with Crippen molar-refractivity contribution >= 4 is 17.5 Å². The van der Waals surface area contributed by atoms with E-state index in [1.165, 1.54) is 12.1 Å². The smallest absolute Gasteiger partial charge is 0.272 e. The number of nitrogens with one attached hydrogen (secondary N) is 1. The molecule has 0 aliphatic rings. The van der Waals surface area contributed by atoms with Gasteiger partial charge >= 0.3 is 0 Å². The van der Waals surface area contributed by atoms with Crippen LogP contribution in [0.15, 0.2) is 16.7 Å². The highest BCUT2D eigenvalue weighted by molar-refractivity contribution is 6.29. The molecule has 0 aliphatic carbocycles. The van der Waals surface area contributed by atoms with Gasteiger partial charge in [-0.05, 0) is 12.1 Å². The number of aryl methyl sites for hydroxylation is 1. The van der Waals surface area contributed by atoms with Gasteiger partial charge in [-0.2, -0.15) is 4.98 Å². The minimum Gasteiger partial charge on any atom is -0.343 e. The number of nitrogens with zero attached hydrogens (tertiary/aromatic N) is 4. The maximum atomic E-state index is 11.6. The molecule has 1 N–H and O–H groups in total. The summed E-state index contributed by atoms with van der Waals surface area (Å²) < 4.78 is 4.76. The molecule has 17 heavy (non-hydrogen) atoms. The molecular formula is C9H8ClN5O2. The van der Waals surface area contributed by atoms with Crippen molar-refractivity contribution in [2.45, 2.75) is 13.5 Å². The van der Waals surface area contributed by atoms with E-state index in [0.29, 0.717) is 11.7 Å². The van der Waals surface area contributed by atoms with Gasteiger partial charge in [-0.15, -0.1) is 10.2 Å². The van der Waals surface area contributed by atoms with Crippen LogP contribution < -0.4 is 5.32 Å². The summed E-state index contributed by atoms with van der Waals surface area (Å²) in [6.45, 7) is 1.84. The number of aromatic nitrogens is 4.